The van der Waals surface area contributed by atoms with E-state index in [9.17, 15) is 5.11 Å². The molecule has 1 heteroatoms. The second kappa shape index (κ2) is 2.70. The molecule has 88 valence electrons. The summed E-state index contributed by atoms with van der Waals surface area (Å²) in [6.07, 6.45) is 0. The zero-order valence-corrected chi connectivity index (χ0v) is 10.0. The minimum absolute atomic E-state index is 0.105. The van der Waals surface area contributed by atoms with E-state index in [0.717, 1.165) is 0 Å². The van der Waals surface area contributed by atoms with Gasteiger partial charge in [-0.2, -0.15) is 0 Å². The van der Waals surface area contributed by atoms with Gasteiger partial charge >= 0.3 is 0 Å². The van der Waals surface area contributed by atoms with E-state index in [4.69, 9.17) is 0 Å². The van der Waals surface area contributed by atoms with Crippen molar-refractivity contribution >= 4 is 0 Å². The Morgan fingerprint density at radius 1 is 0.778 bits per heavy atom. The van der Waals surface area contributed by atoms with Crippen LogP contribution in [-0.2, 0) is 0 Å². The molecule has 0 aromatic heterocycles. The van der Waals surface area contributed by atoms with Crippen LogP contribution in [0, 0.1) is 5.41 Å². The van der Waals surface area contributed by atoms with Crippen molar-refractivity contribution in [2.75, 3.05) is 6.61 Å². The van der Waals surface area contributed by atoms with E-state index in [2.05, 4.69) is 48.5 Å². The molecule has 1 fully saturated rings. The van der Waals surface area contributed by atoms with Crippen LogP contribution < -0.4 is 0 Å². The van der Waals surface area contributed by atoms with Crippen molar-refractivity contribution in [1.82, 2.24) is 0 Å². The van der Waals surface area contributed by atoms with Crippen LogP contribution in [0.1, 0.15) is 40.0 Å². The zero-order valence-electron chi connectivity index (χ0n) is 10.0. The number of fused-ring (bicyclic) bond motifs is 7. The number of benzene rings is 2. The van der Waals surface area contributed by atoms with Gasteiger partial charge in [0, 0.05) is 23.2 Å². The van der Waals surface area contributed by atoms with Gasteiger partial charge in [-0.3, -0.25) is 0 Å². The predicted molar refractivity (Wildman–Crippen MR) is 69.7 cm³/mol. The van der Waals surface area contributed by atoms with Gasteiger partial charge in [0.05, 0.1) is 6.61 Å². The molecule has 2 unspecified atom stereocenters. The third-order valence-electron chi connectivity index (χ3n) is 5.48. The highest BCUT2D eigenvalue weighted by Gasteiger charge is 2.77. The Bertz CT molecular complexity index is 619. The van der Waals surface area contributed by atoms with Crippen molar-refractivity contribution in [3.05, 3.63) is 70.8 Å². The van der Waals surface area contributed by atoms with Crippen molar-refractivity contribution in [3.63, 3.8) is 0 Å². The first-order chi connectivity index (χ1) is 8.89. The summed E-state index contributed by atoms with van der Waals surface area (Å²) in [4.78, 5) is 0. The van der Waals surface area contributed by atoms with Crippen molar-refractivity contribution in [3.8, 4) is 0 Å². The molecule has 1 N–H and O–H groups in total. The number of hydrogen-bond donors (Lipinski definition) is 1. The van der Waals surface area contributed by atoms with Gasteiger partial charge in [-0.1, -0.05) is 48.5 Å². The average Bonchev–Trinajstić information content (AvgIpc) is 2.93. The Morgan fingerprint density at radius 3 is 1.67 bits per heavy atom. The molecule has 0 aliphatic heterocycles. The van der Waals surface area contributed by atoms with Crippen LogP contribution in [0.3, 0.4) is 0 Å². The smallest absolute Gasteiger partial charge is 0.0508 e. The predicted octanol–water partition coefficient (Wildman–Crippen LogP) is 3.01. The molecule has 4 atom stereocenters. The SMILES string of the molecule is OCC12C3c4ccccc4[C@@H]1[C@@H]2c1ccccc13. The molecule has 1 nitrogen and oxygen atoms in total. The Kier molecular flexibility index (Phi) is 1.40. The van der Waals surface area contributed by atoms with Gasteiger partial charge in [0.15, 0.2) is 0 Å². The second-order valence-electron chi connectivity index (χ2n) is 5.92. The van der Waals surface area contributed by atoms with E-state index in [1.807, 2.05) is 0 Å². The first-order valence-electron chi connectivity index (χ1n) is 6.68. The van der Waals surface area contributed by atoms with Gasteiger partial charge in [0.25, 0.3) is 0 Å². The molecule has 1 saturated carbocycles. The maximum Gasteiger partial charge on any atom is 0.0508 e. The fourth-order valence-electron chi connectivity index (χ4n) is 4.90. The summed E-state index contributed by atoms with van der Waals surface area (Å²) in [5, 5.41) is 9.99. The normalized spacial score (nSPS) is 37.1. The zero-order chi connectivity index (χ0) is 11.9. The summed E-state index contributed by atoms with van der Waals surface area (Å²) in [6, 6.07) is 17.6. The molecule has 0 spiro atoms. The molecule has 0 amide bonds. The average molecular weight is 234 g/mol. The van der Waals surface area contributed by atoms with Gasteiger partial charge in [0.1, 0.15) is 0 Å². The number of hydrogen-bond acceptors (Lipinski definition) is 1. The third-order valence-corrected chi connectivity index (χ3v) is 5.48. The van der Waals surface area contributed by atoms with Crippen molar-refractivity contribution in [2.45, 2.75) is 17.8 Å². The Hall–Kier alpha value is -1.60. The van der Waals surface area contributed by atoms with Gasteiger partial charge in [-0.05, 0) is 22.3 Å². The molecule has 0 radical (unpaired) electrons. The fourth-order valence-corrected chi connectivity index (χ4v) is 4.90. The Balaban J connectivity index is 1.86. The minimum Gasteiger partial charge on any atom is -0.396 e. The number of aliphatic hydroxyl groups is 1. The van der Waals surface area contributed by atoms with E-state index in [0.29, 0.717) is 24.4 Å². The van der Waals surface area contributed by atoms with E-state index in [1.54, 1.807) is 0 Å². The van der Waals surface area contributed by atoms with Gasteiger partial charge < -0.3 is 5.11 Å². The molecule has 2 aromatic rings. The summed E-state index contributed by atoms with van der Waals surface area (Å²) >= 11 is 0. The molecule has 3 aliphatic rings. The molecule has 3 aliphatic carbocycles. The molecular formula is C17H14O. The van der Waals surface area contributed by atoms with Crippen LogP contribution in [0.2, 0.25) is 0 Å². The lowest BCUT2D eigenvalue weighted by molar-refractivity contribution is 0.200. The Labute approximate surface area is 106 Å². The summed E-state index contributed by atoms with van der Waals surface area (Å²) in [5.74, 6) is 1.57. The maximum absolute atomic E-state index is 9.99. The molecule has 0 heterocycles. The quantitative estimate of drug-likeness (QED) is 0.804. The summed E-state index contributed by atoms with van der Waals surface area (Å²) in [5.41, 5.74) is 5.99. The van der Waals surface area contributed by atoms with Crippen molar-refractivity contribution in [2.24, 2.45) is 5.41 Å². The van der Waals surface area contributed by atoms with Crippen LogP contribution in [-0.4, -0.2) is 11.7 Å². The lowest BCUT2D eigenvalue weighted by Crippen LogP contribution is -2.14. The number of rotatable bonds is 1. The maximum atomic E-state index is 9.99. The van der Waals surface area contributed by atoms with Gasteiger partial charge in [-0.15, -0.1) is 0 Å². The van der Waals surface area contributed by atoms with E-state index in [1.165, 1.54) is 22.3 Å². The summed E-state index contributed by atoms with van der Waals surface area (Å²) in [7, 11) is 0. The van der Waals surface area contributed by atoms with Crippen LogP contribution in [0.25, 0.3) is 0 Å². The monoisotopic (exact) mass is 234 g/mol. The van der Waals surface area contributed by atoms with Crippen molar-refractivity contribution in [1.29, 1.82) is 0 Å². The topological polar surface area (TPSA) is 20.2 Å². The van der Waals surface area contributed by atoms with Gasteiger partial charge in [-0.25, -0.2) is 0 Å². The lowest BCUT2D eigenvalue weighted by Gasteiger charge is -2.19. The third kappa shape index (κ3) is 0.733. The number of aliphatic hydroxyl groups excluding tert-OH is 1. The second-order valence-corrected chi connectivity index (χ2v) is 5.92. The summed E-state index contributed by atoms with van der Waals surface area (Å²) in [6.45, 7) is 0.316. The lowest BCUT2D eigenvalue weighted by atomic mass is 9.85. The van der Waals surface area contributed by atoms with Crippen LogP contribution in [0.15, 0.2) is 48.5 Å². The van der Waals surface area contributed by atoms with Crippen LogP contribution in [0.4, 0.5) is 0 Å². The largest absolute Gasteiger partial charge is 0.396 e. The highest BCUT2D eigenvalue weighted by atomic mass is 16.3. The Morgan fingerprint density at radius 2 is 1.22 bits per heavy atom. The molecule has 5 rings (SSSR count). The minimum atomic E-state index is 0.105. The molecule has 0 saturated heterocycles. The standard InChI is InChI=1S/C17H14O/c18-9-17-14-10-5-1-3-7-12(10)15(17)16(17)13-8-4-2-6-11(13)14/h1-8,14-16,18H,9H2/t14?,15-,16+,17?. The molecule has 2 aromatic carbocycles. The van der Waals surface area contributed by atoms with E-state index < -0.39 is 0 Å². The van der Waals surface area contributed by atoms with E-state index in [-0.39, 0.29) is 5.41 Å². The van der Waals surface area contributed by atoms with E-state index >= 15 is 0 Å². The molecular weight excluding hydrogens is 220 g/mol. The fraction of sp³-hybridized carbons (Fsp3) is 0.294. The van der Waals surface area contributed by atoms with Crippen molar-refractivity contribution < 1.29 is 5.11 Å². The van der Waals surface area contributed by atoms with Crippen LogP contribution >= 0.6 is 0 Å². The summed E-state index contributed by atoms with van der Waals surface area (Å²) < 4.78 is 0. The van der Waals surface area contributed by atoms with Crippen LogP contribution in [0.5, 0.6) is 0 Å². The molecule has 0 bridgehead atoms. The highest BCUT2D eigenvalue weighted by Crippen LogP contribution is 2.85. The molecule has 18 heavy (non-hydrogen) atoms. The van der Waals surface area contributed by atoms with Gasteiger partial charge in [0.2, 0.25) is 0 Å². The first-order valence-corrected chi connectivity index (χ1v) is 6.68. The first kappa shape index (κ1) is 9.35. The highest BCUT2D eigenvalue weighted by molar-refractivity contribution is 5.67.